The summed E-state index contributed by atoms with van der Waals surface area (Å²) >= 11 is 0. The molecule has 0 aliphatic heterocycles. The van der Waals surface area contributed by atoms with Gasteiger partial charge in [0.05, 0.1) is 6.07 Å². The largest absolute Gasteiger partial charge is 0.309 e. The Labute approximate surface area is 80.9 Å². The summed E-state index contributed by atoms with van der Waals surface area (Å²) in [5.74, 6) is -0.440. The van der Waals surface area contributed by atoms with Crippen molar-refractivity contribution in [3.8, 4) is 6.07 Å². The highest BCUT2D eigenvalue weighted by Gasteiger charge is 2.13. The van der Waals surface area contributed by atoms with Gasteiger partial charge in [-0.25, -0.2) is 0 Å². The second kappa shape index (κ2) is 4.30. The molecule has 14 heavy (non-hydrogen) atoms. The van der Waals surface area contributed by atoms with Gasteiger partial charge in [0, 0.05) is 11.1 Å². The summed E-state index contributed by atoms with van der Waals surface area (Å²) in [6.45, 7) is 0. The molecule has 4 nitrogen and oxygen atoms in total. The fourth-order valence-corrected chi connectivity index (χ4v) is 0.964. The van der Waals surface area contributed by atoms with E-state index in [4.69, 9.17) is 11.0 Å². The maximum absolute atomic E-state index is 11.3. The first-order valence-corrected chi connectivity index (χ1v) is 3.93. The zero-order chi connectivity index (χ0) is 10.6. The number of nitriles is 1. The molecule has 0 saturated carbocycles. The molecule has 0 aliphatic carbocycles. The van der Waals surface area contributed by atoms with Crippen LogP contribution in [0.1, 0.15) is 20.7 Å². The first-order valence-electron chi connectivity index (χ1n) is 3.93. The summed E-state index contributed by atoms with van der Waals surface area (Å²) in [6, 6.07) is 6.47. The Kier molecular flexibility index (Phi) is 3.10. The van der Waals surface area contributed by atoms with Crippen molar-refractivity contribution in [3.05, 3.63) is 35.4 Å². The van der Waals surface area contributed by atoms with Crippen molar-refractivity contribution in [1.82, 2.24) is 0 Å². The molecule has 0 fully saturated rings. The van der Waals surface area contributed by atoms with E-state index in [2.05, 4.69) is 0 Å². The van der Waals surface area contributed by atoms with Gasteiger partial charge in [0.1, 0.15) is 6.29 Å². The van der Waals surface area contributed by atoms with Crippen LogP contribution in [0.2, 0.25) is 0 Å². The van der Waals surface area contributed by atoms with Crippen LogP contribution in [0.3, 0.4) is 0 Å². The standard InChI is InChI=1S/C10H8N2O2/c11-5-9(12)10(14)8-3-1-7(6-13)2-4-8/h1-4,6,9H,12H2. The Balaban J connectivity index is 2.93. The zero-order valence-corrected chi connectivity index (χ0v) is 7.31. The number of benzene rings is 1. The topological polar surface area (TPSA) is 83.9 Å². The lowest BCUT2D eigenvalue weighted by atomic mass is 10.0. The van der Waals surface area contributed by atoms with Crippen LogP contribution in [0.15, 0.2) is 24.3 Å². The molecule has 0 aromatic heterocycles. The third-order valence-electron chi connectivity index (χ3n) is 1.75. The number of nitrogens with two attached hydrogens (primary N) is 1. The average Bonchev–Trinajstić information content (AvgIpc) is 2.27. The molecule has 1 atom stereocenters. The first kappa shape index (κ1) is 10.1. The molecule has 2 N–H and O–H groups in total. The Morgan fingerprint density at radius 3 is 2.43 bits per heavy atom. The van der Waals surface area contributed by atoms with Gasteiger partial charge in [-0.05, 0) is 0 Å². The molecule has 1 unspecified atom stereocenters. The van der Waals surface area contributed by atoms with Crippen molar-refractivity contribution in [2.24, 2.45) is 5.73 Å². The molecule has 0 saturated heterocycles. The van der Waals surface area contributed by atoms with Crippen molar-refractivity contribution in [3.63, 3.8) is 0 Å². The van der Waals surface area contributed by atoms with Crippen LogP contribution < -0.4 is 5.73 Å². The van der Waals surface area contributed by atoms with E-state index in [1.165, 1.54) is 24.3 Å². The lowest BCUT2D eigenvalue weighted by Gasteiger charge is -2.01. The number of ketones is 1. The molecule has 4 heteroatoms. The Bertz CT molecular complexity index is 390. The van der Waals surface area contributed by atoms with Crippen molar-refractivity contribution < 1.29 is 9.59 Å². The van der Waals surface area contributed by atoms with Crippen LogP contribution in [-0.4, -0.2) is 18.1 Å². The van der Waals surface area contributed by atoms with Gasteiger partial charge in [0.15, 0.2) is 11.8 Å². The van der Waals surface area contributed by atoms with E-state index in [0.29, 0.717) is 17.4 Å². The minimum absolute atomic E-state index is 0.338. The van der Waals surface area contributed by atoms with Crippen LogP contribution in [0, 0.1) is 11.3 Å². The highest BCUT2D eigenvalue weighted by molar-refractivity contribution is 6.01. The van der Waals surface area contributed by atoms with Gasteiger partial charge in [-0.3, -0.25) is 9.59 Å². The van der Waals surface area contributed by atoms with Crippen molar-refractivity contribution in [2.45, 2.75) is 6.04 Å². The van der Waals surface area contributed by atoms with Crippen LogP contribution in [-0.2, 0) is 0 Å². The molecule has 70 valence electrons. The highest BCUT2D eigenvalue weighted by Crippen LogP contribution is 2.04. The Hall–Kier alpha value is -1.99. The highest BCUT2D eigenvalue weighted by atomic mass is 16.1. The molecule has 1 rings (SSSR count). The number of nitrogens with zero attached hydrogens (tertiary/aromatic N) is 1. The van der Waals surface area contributed by atoms with E-state index in [0.717, 1.165) is 0 Å². The second-order valence-electron chi connectivity index (χ2n) is 2.71. The van der Waals surface area contributed by atoms with Gasteiger partial charge in [-0.15, -0.1) is 0 Å². The van der Waals surface area contributed by atoms with E-state index in [1.807, 2.05) is 0 Å². The van der Waals surface area contributed by atoms with Crippen molar-refractivity contribution in [2.75, 3.05) is 0 Å². The minimum atomic E-state index is -1.14. The number of hydrogen-bond donors (Lipinski definition) is 1. The molecule has 0 radical (unpaired) electrons. The molecule has 0 heterocycles. The van der Waals surface area contributed by atoms with Gasteiger partial charge < -0.3 is 5.73 Å². The third-order valence-corrected chi connectivity index (χ3v) is 1.75. The fraction of sp³-hybridized carbons (Fsp3) is 0.100. The second-order valence-corrected chi connectivity index (χ2v) is 2.71. The SMILES string of the molecule is N#CC(N)C(=O)c1ccc(C=O)cc1. The van der Waals surface area contributed by atoms with Crippen LogP contribution in [0.5, 0.6) is 0 Å². The minimum Gasteiger partial charge on any atom is -0.309 e. The fourth-order valence-electron chi connectivity index (χ4n) is 0.964. The third kappa shape index (κ3) is 2.03. The van der Waals surface area contributed by atoms with Gasteiger partial charge in [-0.1, -0.05) is 24.3 Å². The summed E-state index contributed by atoms with van der Waals surface area (Å²) in [6.07, 6.45) is 0.679. The van der Waals surface area contributed by atoms with Gasteiger partial charge >= 0.3 is 0 Å². The lowest BCUT2D eigenvalue weighted by molar-refractivity contribution is 0.0979. The molecule has 0 bridgehead atoms. The van der Waals surface area contributed by atoms with Gasteiger partial charge in [0.2, 0.25) is 0 Å². The summed E-state index contributed by atoms with van der Waals surface area (Å²) in [5, 5.41) is 8.42. The lowest BCUT2D eigenvalue weighted by Crippen LogP contribution is -2.28. The predicted molar refractivity (Wildman–Crippen MR) is 49.7 cm³/mol. The van der Waals surface area contributed by atoms with E-state index < -0.39 is 11.8 Å². The van der Waals surface area contributed by atoms with E-state index in [1.54, 1.807) is 6.07 Å². The van der Waals surface area contributed by atoms with Crippen molar-refractivity contribution >= 4 is 12.1 Å². The summed E-state index contributed by atoms with van der Waals surface area (Å²) in [4.78, 5) is 21.7. The molecular weight excluding hydrogens is 180 g/mol. The molecule has 1 aromatic carbocycles. The quantitative estimate of drug-likeness (QED) is 0.554. The zero-order valence-electron chi connectivity index (χ0n) is 7.31. The average molecular weight is 188 g/mol. The van der Waals surface area contributed by atoms with E-state index in [9.17, 15) is 9.59 Å². The Morgan fingerprint density at radius 1 is 1.43 bits per heavy atom. The summed E-state index contributed by atoms with van der Waals surface area (Å²) in [5.41, 5.74) is 6.06. The van der Waals surface area contributed by atoms with Crippen LogP contribution >= 0.6 is 0 Å². The number of rotatable bonds is 3. The number of Topliss-reactive ketones (excluding diaryl/α,β-unsaturated/α-hetero) is 1. The molecule has 1 aromatic rings. The molecule has 0 amide bonds. The molecule has 0 aliphatic rings. The number of carbonyl (C=O) groups excluding carboxylic acids is 2. The predicted octanol–water partition coefficient (Wildman–Crippen LogP) is 0.533. The summed E-state index contributed by atoms with van der Waals surface area (Å²) in [7, 11) is 0. The maximum atomic E-state index is 11.3. The molecular formula is C10H8N2O2. The number of hydrogen-bond acceptors (Lipinski definition) is 4. The molecule has 0 spiro atoms. The summed E-state index contributed by atoms with van der Waals surface area (Å²) < 4.78 is 0. The maximum Gasteiger partial charge on any atom is 0.193 e. The Morgan fingerprint density at radius 2 is 2.00 bits per heavy atom. The number of carbonyl (C=O) groups is 2. The number of aldehydes is 1. The van der Waals surface area contributed by atoms with E-state index >= 15 is 0 Å². The van der Waals surface area contributed by atoms with Gasteiger partial charge in [0.25, 0.3) is 0 Å². The smallest absolute Gasteiger partial charge is 0.193 e. The van der Waals surface area contributed by atoms with Gasteiger partial charge in [-0.2, -0.15) is 5.26 Å². The van der Waals surface area contributed by atoms with Crippen LogP contribution in [0.4, 0.5) is 0 Å². The first-order chi connectivity index (χ1) is 6.69. The van der Waals surface area contributed by atoms with Crippen molar-refractivity contribution in [1.29, 1.82) is 5.26 Å². The van der Waals surface area contributed by atoms with E-state index in [-0.39, 0.29) is 0 Å². The monoisotopic (exact) mass is 188 g/mol. The normalized spacial score (nSPS) is 11.4. The van der Waals surface area contributed by atoms with Crippen LogP contribution in [0.25, 0.3) is 0 Å².